The number of amides is 1. The van der Waals surface area contributed by atoms with E-state index in [0.717, 1.165) is 25.7 Å². The van der Waals surface area contributed by atoms with Gasteiger partial charge in [0.1, 0.15) is 0 Å². The van der Waals surface area contributed by atoms with Crippen LogP contribution in [0.1, 0.15) is 39.0 Å². The van der Waals surface area contributed by atoms with Gasteiger partial charge in [0.15, 0.2) is 0 Å². The second kappa shape index (κ2) is 9.31. The zero-order valence-electron chi connectivity index (χ0n) is 12.4. The molecular weight excluding hydrogens is 254 g/mol. The number of pyridine rings is 1. The zero-order valence-corrected chi connectivity index (χ0v) is 12.4. The molecule has 0 saturated heterocycles. The number of aromatic nitrogens is 1. The van der Waals surface area contributed by atoms with E-state index in [0.29, 0.717) is 30.5 Å². The van der Waals surface area contributed by atoms with E-state index >= 15 is 0 Å². The number of nitrogens with zero attached hydrogens (tertiary/aromatic N) is 1. The first-order valence-electron chi connectivity index (χ1n) is 7.19. The van der Waals surface area contributed by atoms with Crippen LogP contribution >= 0.6 is 0 Å². The SMILES string of the molecule is CCCC(CCN)CCC(=O)Nc1ccc(OC)nc1. The molecule has 5 nitrogen and oxygen atoms in total. The number of hydrogen-bond donors (Lipinski definition) is 2. The minimum Gasteiger partial charge on any atom is -0.481 e. The molecule has 1 atom stereocenters. The summed E-state index contributed by atoms with van der Waals surface area (Å²) >= 11 is 0. The maximum Gasteiger partial charge on any atom is 0.224 e. The van der Waals surface area contributed by atoms with Crippen molar-refractivity contribution in [1.82, 2.24) is 4.98 Å². The summed E-state index contributed by atoms with van der Waals surface area (Å²) < 4.78 is 4.97. The molecule has 1 rings (SSSR count). The van der Waals surface area contributed by atoms with Gasteiger partial charge in [0.25, 0.3) is 0 Å². The van der Waals surface area contributed by atoms with Crippen LogP contribution in [0.5, 0.6) is 5.88 Å². The predicted octanol–water partition coefficient (Wildman–Crippen LogP) is 2.57. The van der Waals surface area contributed by atoms with Crippen molar-refractivity contribution in [3.05, 3.63) is 18.3 Å². The molecule has 112 valence electrons. The van der Waals surface area contributed by atoms with E-state index in [1.54, 1.807) is 25.4 Å². The van der Waals surface area contributed by atoms with Crippen LogP contribution in [0, 0.1) is 5.92 Å². The van der Waals surface area contributed by atoms with E-state index in [-0.39, 0.29) is 5.91 Å². The van der Waals surface area contributed by atoms with Gasteiger partial charge in [0, 0.05) is 12.5 Å². The van der Waals surface area contributed by atoms with Crippen molar-refractivity contribution in [3.8, 4) is 5.88 Å². The van der Waals surface area contributed by atoms with E-state index in [4.69, 9.17) is 10.5 Å². The van der Waals surface area contributed by atoms with Gasteiger partial charge < -0.3 is 15.8 Å². The standard InChI is InChI=1S/C15H25N3O2/c1-3-4-12(9-10-16)5-7-14(19)18-13-6-8-15(20-2)17-11-13/h6,8,11-12H,3-5,7,9-10,16H2,1-2H3,(H,18,19). The molecule has 0 aliphatic carbocycles. The van der Waals surface area contributed by atoms with Gasteiger partial charge in [-0.25, -0.2) is 4.98 Å². The highest BCUT2D eigenvalue weighted by Gasteiger charge is 2.10. The quantitative estimate of drug-likeness (QED) is 0.728. The van der Waals surface area contributed by atoms with Crippen molar-refractivity contribution >= 4 is 11.6 Å². The first-order valence-corrected chi connectivity index (χ1v) is 7.19. The van der Waals surface area contributed by atoms with Crippen LogP contribution in [-0.2, 0) is 4.79 Å². The van der Waals surface area contributed by atoms with Crippen LogP contribution in [0.2, 0.25) is 0 Å². The molecule has 5 heteroatoms. The molecule has 1 aromatic heterocycles. The molecule has 0 aliphatic rings. The summed E-state index contributed by atoms with van der Waals surface area (Å²) in [4.78, 5) is 15.9. The molecule has 0 radical (unpaired) electrons. The van der Waals surface area contributed by atoms with Gasteiger partial charge in [-0.1, -0.05) is 19.8 Å². The lowest BCUT2D eigenvalue weighted by Gasteiger charge is -2.14. The topological polar surface area (TPSA) is 77.2 Å². The number of carbonyl (C=O) groups excluding carboxylic acids is 1. The predicted molar refractivity (Wildman–Crippen MR) is 80.7 cm³/mol. The van der Waals surface area contributed by atoms with E-state index in [1.165, 1.54) is 0 Å². The molecule has 1 aromatic rings. The molecule has 20 heavy (non-hydrogen) atoms. The van der Waals surface area contributed by atoms with Gasteiger partial charge in [-0.15, -0.1) is 0 Å². The molecule has 1 heterocycles. The zero-order chi connectivity index (χ0) is 14.8. The van der Waals surface area contributed by atoms with Crippen molar-refractivity contribution < 1.29 is 9.53 Å². The van der Waals surface area contributed by atoms with Crippen molar-refractivity contribution in [3.63, 3.8) is 0 Å². The summed E-state index contributed by atoms with van der Waals surface area (Å²) in [5.74, 6) is 1.11. The molecule has 0 saturated carbocycles. The first-order chi connectivity index (χ1) is 9.69. The number of nitrogens with two attached hydrogens (primary N) is 1. The Hall–Kier alpha value is -1.62. The van der Waals surface area contributed by atoms with Crippen molar-refractivity contribution in [2.24, 2.45) is 11.7 Å². The van der Waals surface area contributed by atoms with E-state index < -0.39 is 0 Å². The normalized spacial score (nSPS) is 11.9. The second-order valence-corrected chi connectivity index (χ2v) is 4.91. The maximum atomic E-state index is 11.9. The summed E-state index contributed by atoms with van der Waals surface area (Å²) in [6, 6.07) is 3.51. The summed E-state index contributed by atoms with van der Waals surface area (Å²) in [5.41, 5.74) is 6.29. The molecular formula is C15H25N3O2. The Kier molecular flexibility index (Phi) is 7.65. The van der Waals surface area contributed by atoms with Gasteiger partial charge in [-0.05, 0) is 31.4 Å². The Labute approximate surface area is 120 Å². The molecule has 1 unspecified atom stereocenters. The summed E-state index contributed by atoms with van der Waals surface area (Å²) in [7, 11) is 1.56. The highest BCUT2D eigenvalue weighted by molar-refractivity contribution is 5.90. The fourth-order valence-electron chi connectivity index (χ4n) is 2.21. The third kappa shape index (κ3) is 6.02. The van der Waals surface area contributed by atoms with Crippen LogP contribution in [0.3, 0.4) is 0 Å². The Bertz CT molecular complexity index is 387. The summed E-state index contributed by atoms with van der Waals surface area (Å²) in [5, 5.41) is 2.84. The van der Waals surface area contributed by atoms with Crippen molar-refractivity contribution in [1.29, 1.82) is 0 Å². The van der Waals surface area contributed by atoms with E-state index in [9.17, 15) is 4.79 Å². The highest BCUT2D eigenvalue weighted by Crippen LogP contribution is 2.18. The average molecular weight is 279 g/mol. The smallest absolute Gasteiger partial charge is 0.224 e. The Morgan fingerprint density at radius 2 is 2.20 bits per heavy atom. The fraction of sp³-hybridized carbons (Fsp3) is 0.600. The number of anilines is 1. The van der Waals surface area contributed by atoms with E-state index in [1.807, 2.05) is 0 Å². The number of ether oxygens (including phenoxy) is 1. The number of methoxy groups -OCH3 is 1. The molecule has 0 bridgehead atoms. The Balaban J connectivity index is 2.38. The van der Waals surface area contributed by atoms with Gasteiger partial charge >= 0.3 is 0 Å². The molecule has 0 aromatic carbocycles. The number of hydrogen-bond acceptors (Lipinski definition) is 4. The summed E-state index contributed by atoms with van der Waals surface area (Å²) in [6.45, 7) is 2.85. The van der Waals surface area contributed by atoms with Crippen molar-refractivity contribution in [2.45, 2.75) is 39.0 Å². The first kappa shape index (κ1) is 16.4. The Morgan fingerprint density at radius 1 is 1.40 bits per heavy atom. The highest BCUT2D eigenvalue weighted by atomic mass is 16.5. The third-order valence-corrected chi connectivity index (χ3v) is 3.28. The molecule has 3 N–H and O–H groups in total. The lowest BCUT2D eigenvalue weighted by atomic mass is 9.94. The van der Waals surface area contributed by atoms with Crippen LogP contribution in [0.15, 0.2) is 18.3 Å². The maximum absolute atomic E-state index is 11.9. The van der Waals surface area contributed by atoms with Gasteiger partial charge in [0.2, 0.25) is 11.8 Å². The lowest BCUT2D eigenvalue weighted by Crippen LogP contribution is -2.15. The number of carbonyl (C=O) groups is 1. The molecule has 0 fully saturated rings. The largest absolute Gasteiger partial charge is 0.481 e. The minimum atomic E-state index is 0.0232. The van der Waals surface area contributed by atoms with Crippen LogP contribution in [-0.4, -0.2) is 24.5 Å². The second-order valence-electron chi connectivity index (χ2n) is 4.91. The minimum absolute atomic E-state index is 0.0232. The summed E-state index contributed by atoms with van der Waals surface area (Å²) in [6.07, 6.45) is 6.27. The third-order valence-electron chi connectivity index (χ3n) is 3.28. The van der Waals surface area contributed by atoms with Crippen LogP contribution in [0.25, 0.3) is 0 Å². The van der Waals surface area contributed by atoms with Crippen molar-refractivity contribution in [2.75, 3.05) is 19.0 Å². The molecule has 0 spiro atoms. The van der Waals surface area contributed by atoms with Gasteiger partial charge in [-0.2, -0.15) is 0 Å². The van der Waals surface area contributed by atoms with Crippen LogP contribution in [0.4, 0.5) is 5.69 Å². The fourth-order valence-corrected chi connectivity index (χ4v) is 2.21. The van der Waals surface area contributed by atoms with Gasteiger partial charge in [-0.3, -0.25) is 4.79 Å². The number of nitrogens with one attached hydrogen (secondary N) is 1. The monoisotopic (exact) mass is 279 g/mol. The number of rotatable bonds is 9. The molecule has 1 amide bonds. The lowest BCUT2D eigenvalue weighted by molar-refractivity contribution is -0.116. The average Bonchev–Trinajstić information content (AvgIpc) is 2.46. The van der Waals surface area contributed by atoms with E-state index in [2.05, 4.69) is 17.2 Å². The molecule has 0 aliphatic heterocycles. The van der Waals surface area contributed by atoms with Crippen LogP contribution < -0.4 is 15.8 Å². The van der Waals surface area contributed by atoms with Gasteiger partial charge in [0.05, 0.1) is 19.0 Å². The Morgan fingerprint density at radius 3 is 2.75 bits per heavy atom.